The fourth-order valence-electron chi connectivity index (χ4n) is 0.215. The van der Waals surface area contributed by atoms with Crippen molar-refractivity contribution in [3.05, 3.63) is 18.5 Å². The molecular weight excluding hydrogens is 168 g/mol. The lowest BCUT2D eigenvalue weighted by Gasteiger charge is -1.79. The molecule has 0 saturated carbocycles. The Bertz CT molecular complexity index is 236. The van der Waals surface area contributed by atoms with Crippen LogP contribution in [0.2, 0.25) is 0 Å². The summed E-state index contributed by atoms with van der Waals surface area (Å²) in [6.45, 7) is 1.37. The van der Waals surface area contributed by atoms with E-state index in [1.165, 1.54) is 6.92 Å². The molecule has 0 aliphatic heterocycles. The maximum atomic E-state index is 9.56. The normalized spacial score (nSPS) is 10.0. The minimum absolute atomic E-state index is 0.201. The highest BCUT2D eigenvalue weighted by Gasteiger charge is 1.93. The lowest BCUT2D eigenvalue weighted by atomic mass is 10.8. The largest absolute Gasteiger partial charge is 0.286 e. The van der Waals surface area contributed by atoms with Crippen LogP contribution >= 0.6 is 0 Å². The highest BCUT2D eigenvalue weighted by molar-refractivity contribution is 7.85. The van der Waals surface area contributed by atoms with Crippen molar-refractivity contribution in [3.8, 4) is 0 Å². The first-order valence-electron chi connectivity index (χ1n) is 2.95. The van der Waals surface area contributed by atoms with Gasteiger partial charge in [0.2, 0.25) is 0 Å². The first-order chi connectivity index (χ1) is 5.06. The number of rotatable bonds is 1. The molecule has 2 N–H and O–H groups in total. The number of aromatic nitrogens is 2. The maximum Gasteiger partial charge on any atom is 0.264 e. The molecule has 0 unspecified atom stereocenters. The van der Waals surface area contributed by atoms with Crippen molar-refractivity contribution in [1.82, 2.24) is 10.2 Å². The van der Waals surface area contributed by atoms with E-state index in [2.05, 4.69) is 10.2 Å². The van der Waals surface area contributed by atoms with Crippen LogP contribution in [-0.2, 0) is 10.1 Å². The van der Waals surface area contributed by atoms with Crippen LogP contribution < -0.4 is 0 Å². The van der Waals surface area contributed by atoms with Crippen molar-refractivity contribution in [2.45, 2.75) is 6.92 Å². The van der Waals surface area contributed by atoms with Gasteiger partial charge in [0, 0.05) is 12.4 Å². The summed E-state index contributed by atoms with van der Waals surface area (Å²) in [7, 11) is -3.66. The lowest BCUT2D eigenvalue weighted by molar-refractivity contribution is 0.484. The van der Waals surface area contributed by atoms with E-state index < -0.39 is 10.1 Å². The Morgan fingerprint density at radius 1 is 1.64 bits per heavy atom. The Labute approximate surface area is 65.2 Å². The van der Waals surface area contributed by atoms with Crippen LogP contribution in [0.1, 0.15) is 6.92 Å². The molecule has 0 spiro atoms. The van der Waals surface area contributed by atoms with E-state index in [0.717, 1.165) is 0 Å². The summed E-state index contributed by atoms with van der Waals surface area (Å²) in [5.74, 6) is -0.201. The molecule has 0 atom stereocenters. The van der Waals surface area contributed by atoms with Crippen LogP contribution in [0.5, 0.6) is 0 Å². The lowest BCUT2D eigenvalue weighted by Crippen LogP contribution is -1.97. The van der Waals surface area contributed by atoms with Gasteiger partial charge < -0.3 is 0 Å². The van der Waals surface area contributed by atoms with Gasteiger partial charge in [-0.25, -0.2) is 0 Å². The fourth-order valence-corrected chi connectivity index (χ4v) is 0.215. The molecule has 0 radical (unpaired) electrons. The van der Waals surface area contributed by atoms with Crippen molar-refractivity contribution in [2.75, 3.05) is 5.75 Å². The number of nitrogens with one attached hydrogen (secondary N) is 1. The first kappa shape index (κ1) is 10.1. The van der Waals surface area contributed by atoms with E-state index >= 15 is 0 Å². The molecule has 11 heavy (non-hydrogen) atoms. The molecule has 0 aliphatic rings. The third-order valence-electron chi connectivity index (χ3n) is 0.771. The zero-order chi connectivity index (χ0) is 8.74. The van der Waals surface area contributed by atoms with Gasteiger partial charge in [0.15, 0.2) is 0 Å². The minimum atomic E-state index is -3.66. The van der Waals surface area contributed by atoms with E-state index in [-0.39, 0.29) is 5.75 Å². The molecule has 0 saturated heterocycles. The van der Waals surface area contributed by atoms with Crippen molar-refractivity contribution in [1.29, 1.82) is 0 Å². The standard InChI is InChI=1S/C3H4N2.C2H6O3S/c1-2-4-5-3-1;1-2-6(3,4)5/h1-3H,(H,4,5);2H2,1H3,(H,3,4,5). The maximum absolute atomic E-state index is 9.56. The molecule has 0 fully saturated rings. The Balaban J connectivity index is 0.000000183. The van der Waals surface area contributed by atoms with Gasteiger partial charge in [0.25, 0.3) is 10.1 Å². The summed E-state index contributed by atoms with van der Waals surface area (Å²) in [6.07, 6.45) is 3.46. The van der Waals surface area contributed by atoms with Crippen LogP contribution in [0, 0.1) is 0 Å². The van der Waals surface area contributed by atoms with E-state index in [9.17, 15) is 8.42 Å². The monoisotopic (exact) mass is 178 g/mol. The van der Waals surface area contributed by atoms with Crippen molar-refractivity contribution in [3.63, 3.8) is 0 Å². The second-order valence-corrected chi connectivity index (χ2v) is 3.38. The van der Waals surface area contributed by atoms with Crippen LogP contribution in [0.15, 0.2) is 18.5 Å². The zero-order valence-electron chi connectivity index (χ0n) is 6.06. The van der Waals surface area contributed by atoms with Crippen molar-refractivity contribution < 1.29 is 13.0 Å². The molecular formula is C5H10N2O3S. The molecule has 64 valence electrons. The summed E-state index contributed by atoms with van der Waals surface area (Å²) in [6, 6.07) is 1.83. The number of hydrogen-bond donors (Lipinski definition) is 2. The smallest absolute Gasteiger partial charge is 0.264 e. The molecule has 0 bridgehead atoms. The average molecular weight is 178 g/mol. The van der Waals surface area contributed by atoms with Gasteiger partial charge >= 0.3 is 0 Å². The Hall–Kier alpha value is -0.880. The average Bonchev–Trinajstić information content (AvgIpc) is 2.41. The summed E-state index contributed by atoms with van der Waals surface area (Å²) >= 11 is 0. The molecule has 5 nitrogen and oxygen atoms in total. The second-order valence-electron chi connectivity index (χ2n) is 1.64. The highest BCUT2D eigenvalue weighted by Crippen LogP contribution is 1.74. The highest BCUT2D eigenvalue weighted by atomic mass is 32.2. The Morgan fingerprint density at radius 2 is 2.18 bits per heavy atom. The van der Waals surface area contributed by atoms with Gasteiger partial charge in [-0.05, 0) is 13.0 Å². The minimum Gasteiger partial charge on any atom is -0.286 e. The van der Waals surface area contributed by atoms with Gasteiger partial charge in [-0.1, -0.05) is 0 Å². The molecule has 0 amide bonds. The molecule has 0 aromatic carbocycles. The number of aromatic amines is 1. The second kappa shape index (κ2) is 4.86. The van der Waals surface area contributed by atoms with Gasteiger partial charge in [0.1, 0.15) is 0 Å². The van der Waals surface area contributed by atoms with Gasteiger partial charge in [0.05, 0.1) is 5.75 Å². The molecule has 1 aromatic rings. The van der Waals surface area contributed by atoms with Gasteiger partial charge in [-0.15, -0.1) is 0 Å². The van der Waals surface area contributed by atoms with E-state index in [1.54, 1.807) is 12.4 Å². The molecule has 0 aliphatic carbocycles. The third-order valence-corrected chi connectivity index (χ3v) is 1.50. The number of hydrogen-bond acceptors (Lipinski definition) is 3. The molecule has 6 heteroatoms. The van der Waals surface area contributed by atoms with Gasteiger partial charge in [-0.3, -0.25) is 9.65 Å². The van der Waals surface area contributed by atoms with Gasteiger partial charge in [-0.2, -0.15) is 13.5 Å². The Kier molecular flexibility index (Phi) is 4.47. The SMILES string of the molecule is CCS(=O)(=O)O.c1cn[nH]c1. The van der Waals surface area contributed by atoms with Crippen LogP contribution in [0.3, 0.4) is 0 Å². The number of nitrogens with zero attached hydrogens (tertiary/aromatic N) is 1. The van der Waals surface area contributed by atoms with E-state index in [1.807, 2.05) is 6.07 Å². The summed E-state index contributed by atoms with van der Waals surface area (Å²) in [5.41, 5.74) is 0. The van der Waals surface area contributed by atoms with E-state index in [4.69, 9.17) is 4.55 Å². The van der Waals surface area contributed by atoms with Crippen LogP contribution in [0.25, 0.3) is 0 Å². The summed E-state index contributed by atoms with van der Waals surface area (Å²) in [4.78, 5) is 0. The topological polar surface area (TPSA) is 83.1 Å². The fraction of sp³-hybridized carbons (Fsp3) is 0.400. The molecule has 1 heterocycles. The number of H-pyrrole nitrogens is 1. The summed E-state index contributed by atoms with van der Waals surface area (Å²) in [5, 5.41) is 6.21. The predicted octanol–water partition coefficient (Wildman–Crippen LogP) is 0.304. The van der Waals surface area contributed by atoms with Crippen molar-refractivity contribution >= 4 is 10.1 Å². The molecule has 1 aromatic heterocycles. The summed E-state index contributed by atoms with van der Waals surface area (Å²) < 4.78 is 26.9. The zero-order valence-corrected chi connectivity index (χ0v) is 6.87. The quantitative estimate of drug-likeness (QED) is 0.606. The van der Waals surface area contributed by atoms with Crippen molar-refractivity contribution in [2.24, 2.45) is 0 Å². The molecule has 1 rings (SSSR count). The predicted molar refractivity (Wildman–Crippen MR) is 40.7 cm³/mol. The van der Waals surface area contributed by atoms with E-state index in [0.29, 0.717) is 0 Å². The Morgan fingerprint density at radius 3 is 2.27 bits per heavy atom. The van der Waals surface area contributed by atoms with Crippen LogP contribution in [-0.4, -0.2) is 28.9 Å². The third kappa shape index (κ3) is 9.12. The first-order valence-corrected chi connectivity index (χ1v) is 4.56. The van der Waals surface area contributed by atoms with Crippen LogP contribution in [0.4, 0.5) is 0 Å².